The van der Waals surface area contributed by atoms with Crippen LogP contribution >= 0.6 is 0 Å². The fourth-order valence-electron chi connectivity index (χ4n) is 3.41. The van der Waals surface area contributed by atoms with Crippen LogP contribution in [0.15, 0.2) is 23.8 Å². The zero-order chi connectivity index (χ0) is 30.0. The monoisotopic (exact) mass is 552 g/mol. The highest BCUT2D eigenvalue weighted by molar-refractivity contribution is 5.94. The molecular weight excluding hydrogens is 512 g/mol. The zero-order valence-corrected chi connectivity index (χ0v) is 22.9. The highest BCUT2D eigenvalue weighted by Gasteiger charge is 2.26. The third-order valence-corrected chi connectivity index (χ3v) is 5.21. The number of carboxylic acids is 2. The minimum absolute atomic E-state index is 0.109. The predicted molar refractivity (Wildman–Crippen MR) is 141 cm³/mol. The Balaban J connectivity index is 0.00000336. The minimum atomic E-state index is -1.33. The lowest BCUT2D eigenvalue weighted by molar-refractivity contribution is -0.140. The van der Waals surface area contributed by atoms with Gasteiger partial charge < -0.3 is 31.5 Å². The molecule has 0 saturated heterocycles. The minimum Gasteiger partial charge on any atom is -0.481 e. The number of hydrogen-bond acceptors (Lipinski definition) is 7. The molecule has 2 atom stereocenters. The van der Waals surface area contributed by atoms with Crippen molar-refractivity contribution in [1.82, 2.24) is 21.3 Å². The summed E-state index contributed by atoms with van der Waals surface area (Å²) in [5.74, 6) is -5.16. The Bertz CT molecular complexity index is 937. The SMILES string of the molecule is CC(=O)N[C@@H](CC(=O)O)C(=O)NCC(=O)NC(C(=O)NCC(=O)CCCC1=CCCC=C1)C(C)C.CC(=O)O. The Kier molecular flexibility index (Phi) is 17.1. The van der Waals surface area contributed by atoms with E-state index in [-0.39, 0.29) is 18.2 Å². The van der Waals surface area contributed by atoms with Crippen molar-refractivity contribution < 1.29 is 43.8 Å². The molecule has 0 aliphatic heterocycles. The van der Waals surface area contributed by atoms with Crippen LogP contribution in [0.1, 0.15) is 66.2 Å². The summed E-state index contributed by atoms with van der Waals surface area (Å²) < 4.78 is 0. The van der Waals surface area contributed by atoms with Crippen LogP contribution in [0.25, 0.3) is 0 Å². The lowest BCUT2D eigenvalue weighted by Gasteiger charge is -2.22. The maximum Gasteiger partial charge on any atom is 0.305 e. The maximum absolute atomic E-state index is 12.5. The number of rotatable bonds is 15. The molecule has 0 aromatic carbocycles. The summed E-state index contributed by atoms with van der Waals surface area (Å²) in [5.41, 5.74) is 1.22. The number of ketones is 1. The molecule has 4 amide bonds. The van der Waals surface area contributed by atoms with E-state index < -0.39 is 60.6 Å². The largest absolute Gasteiger partial charge is 0.481 e. The smallest absolute Gasteiger partial charge is 0.305 e. The molecular formula is C26H40N4O9. The summed E-state index contributed by atoms with van der Waals surface area (Å²) in [7, 11) is 0. The van der Waals surface area contributed by atoms with Gasteiger partial charge >= 0.3 is 5.97 Å². The standard InChI is InChI=1S/C24H36N4O7.C2H4O2/c1-15(2)22(24(35)25-13-18(30)11-7-10-17-8-5-4-6-9-17)28-20(31)14-26-23(34)19(12-21(32)33)27-16(3)29;1-2(3)4/h5,8-9,15,19,22H,4,6-7,10-14H2,1-3H3,(H,25,35)(H,26,34)(H,27,29)(H,28,31)(H,32,33);1H3,(H,3,4)/t19-,22?;/m0./s1. The van der Waals surface area contributed by atoms with Gasteiger partial charge in [0.2, 0.25) is 23.6 Å². The molecule has 0 bridgehead atoms. The zero-order valence-electron chi connectivity index (χ0n) is 22.9. The van der Waals surface area contributed by atoms with Gasteiger partial charge in [-0.25, -0.2) is 0 Å². The third-order valence-electron chi connectivity index (χ3n) is 5.21. The lowest BCUT2D eigenvalue weighted by Crippen LogP contribution is -2.54. The molecule has 1 aliphatic rings. The Morgan fingerprint density at radius 1 is 0.897 bits per heavy atom. The quantitative estimate of drug-likeness (QED) is 0.166. The first-order valence-corrected chi connectivity index (χ1v) is 12.6. The van der Waals surface area contributed by atoms with E-state index in [0.717, 1.165) is 33.1 Å². The molecule has 1 unspecified atom stereocenters. The molecule has 1 aliphatic carbocycles. The van der Waals surface area contributed by atoms with E-state index in [1.807, 2.05) is 0 Å². The summed E-state index contributed by atoms with van der Waals surface area (Å²) in [5, 5.41) is 25.8. The van der Waals surface area contributed by atoms with E-state index in [9.17, 15) is 28.8 Å². The van der Waals surface area contributed by atoms with Gasteiger partial charge in [-0.2, -0.15) is 0 Å². The van der Waals surface area contributed by atoms with Crippen LogP contribution in [-0.2, 0) is 33.6 Å². The van der Waals surface area contributed by atoms with Crippen LogP contribution < -0.4 is 21.3 Å². The molecule has 0 heterocycles. The number of aliphatic carboxylic acids is 2. The van der Waals surface area contributed by atoms with Gasteiger partial charge in [0.05, 0.1) is 19.5 Å². The van der Waals surface area contributed by atoms with E-state index in [1.165, 1.54) is 5.57 Å². The van der Waals surface area contributed by atoms with Crippen molar-refractivity contribution in [3.8, 4) is 0 Å². The molecule has 218 valence electrons. The van der Waals surface area contributed by atoms with E-state index in [4.69, 9.17) is 15.0 Å². The molecule has 13 heteroatoms. The van der Waals surface area contributed by atoms with E-state index in [1.54, 1.807) is 13.8 Å². The Morgan fingerprint density at radius 3 is 2.03 bits per heavy atom. The molecule has 39 heavy (non-hydrogen) atoms. The highest BCUT2D eigenvalue weighted by atomic mass is 16.4. The van der Waals surface area contributed by atoms with Crippen LogP contribution in [0.2, 0.25) is 0 Å². The van der Waals surface area contributed by atoms with E-state index >= 15 is 0 Å². The first-order chi connectivity index (χ1) is 18.2. The van der Waals surface area contributed by atoms with Crippen LogP contribution in [0.4, 0.5) is 0 Å². The molecule has 13 nitrogen and oxygen atoms in total. The number of carbonyl (C=O) groups is 7. The summed E-state index contributed by atoms with van der Waals surface area (Å²) >= 11 is 0. The molecule has 0 fully saturated rings. The van der Waals surface area contributed by atoms with Gasteiger partial charge in [-0.05, 0) is 31.6 Å². The second-order valence-corrected chi connectivity index (χ2v) is 9.25. The summed E-state index contributed by atoms with van der Waals surface area (Å²) in [6.45, 7) is 4.99. The average molecular weight is 553 g/mol. The van der Waals surface area contributed by atoms with Gasteiger partial charge in [-0.1, -0.05) is 37.6 Å². The Hall–Kier alpha value is -4.03. The molecule has 0 aromatic rings. The number of allylic oxidation sites excluding steroid dienone is 4. The van der Waals surface area contributed by atoms with Gasteiger partial charge in [0.25, 0.3) is 5.97 Å². The van der Waals surface area contributed by atoms with Crippen molar-refractivity contribution in [2.24, 2.45) is 5.92 Å². The van der Waals surface area contributed by atoms with E-state index in [0.29, 0.717) is 12.8 Å². The molecule has 0 aromatic heterocycles. The molecule has 0 saturated carbocycles. The Labute approximate surface area is 227 Å². The van der Waals surface area contributed by atoms with Crippen molar-refractivity contribution in [3.63, 3.8) is 0 Å². The number of Topliss-reactive ketones (excluding diaryl/α,β-unsaturated/α-hetero) is 1. The van der Waals surface area contributed by atoms with Gasteiger partial charge in [0.15, 0.2) is 5.78 Å². The molecule has 1 rings (SSSR count). The van der Waals surface area contributed by atoms with Crippen LogP contribution in [0.5, 0.6) is 0 Å². The molecule has 6 N–H and O–H groups in total. The van der Waals surface area contributed by atoms with Gasteiger partial charge in [0.1, 0.15) is 12.1 Å². The highest BCUT2D eigenvalue weighted by Crippen LogP contribution is 2.15. The second kappa shape index (κ2) is 19.1. The first kappa shape index (κ1) is 35.0. The topological polar surface area (TPSA) is 208 Å². The van der Waals surface area contributed by atoms with Crippen molar-refractivity contribution in [3.05, 3.63) is 23.8 Å². The van der Waals surface area contributed by atoms with E-state index in [2.05, 4.69) is 39.5 Å². The predicted octanol–water partition coefficient (Wildman–Crippen LogP) is 0.446. The third kappa shape index (κ3) is 18.0. The van der Waals surface area contributed by atoms with Gasteiger partial charge in [-0.3, -0.25) is 33.6 Å². The fourth-order valence-corrected chi connectivity index (χ4v) is 3.41. The van der Waals surface area contributed by atoms with Gasteiger partial charge in [-0.15, -0.1) is 0 Å². The van der Waals surface area contributed by atoms with Crippen molar-refractivity contribution >= 4 is 41.4 Å². The summed E-state index contributed by atoms with van der Waals surface area (Å²) in [6, 6.07) is -2.27. The molecule has 0 spiro atoms. The Morgan fingerprint density at radius 2 is 1.51 bits per heavy atom. The number of carboxylic acid groups (broad SMARTS) is 2. The normalized spacial score (nSPS) is 13.5. The fraction of sp³-hybridized carbons (Fsp3) is 0.577. The van der Waals surface area contributed by atoms with Gasteiger partial charge in [0, 0.05) is 20.3 Å². The number of carbonyl (C=O) groups excluding carboxylic acids is 5. The average Bonchev–Trinajstić information content (AvgIpc) is 2.83. The number of amides is 4. The molecule has 0 radical (unpaired) electrons. The van der Waals surface area contributed by atoms with Crippen LogP contribution in [0.3, 0.4) is 0 Å². The van der Waals surface area contributed by atoms with Crippen LogP contribution in [0, 0.1) is 5.92 Å². The van der Waals surface area contributed by atoms with Crippen molar-refractivity contribution in [2.45, 2.75) is 78.3 Å². The first-order valence-electron chi connectivity index (χ1n) is 12.6. The maximum atomic E-state index is 12.5. The number of hydrogen-bond donors (Lipinski definition) is 6. The summed E-state index contributed by atoms with van der Waals surface area (Å²) in [4.78, 5) is 80.2. The number of nitrogens with one attached hydrogen (secondary N) is 4. The van der Waals surface area contributed by atoms with Crippen molar-refractivity contribution in [2.75, 3.05) is 13.1 Å². The lowest BCUT2D eigenvalue weighted by atomic mass is 10.0. The second-order valence-electron chi connectivity index (χ2n) is 9.25. The van der Waals surface area contributed by atoms with Crippen LogP contribution in [-0.4, -0.2) is 76.7 Å². The van der Waals surface area contributed by atoms with Crippen molar-refractivity contribution in [1.29, 1.82) is 0 Å². The summed E-state index contributed by atoms with van der Waals surface area (Å²) in [6.07, 6.45) is 9.58.